The van der Waals surface area contributed by atoms with Gasteiger partial charge in [0.25, 0.3) is 0 Å². The number of carbonyl (C=O) groups is 4. The topological polar surface area (TPSA) is 184 Å². The molecule has 1 saturated heterocycles. The summed E-state index contributed by atoms with van der Waals surface area (Å²) in [7, 11) is 0. The van der Waals surface area contributed by atoms with Crippen molar-refractivity contribution in [2.24, 2.45) is 11.5 Å². The van der Waals surface area contributed by atoms with Crippen LogP contribution in [0.15, 0.2) is 91.1 Å². The third kappa shape index (κ3) is 7.82. The SMILES string of the molecule is C=C(C(N)=O)[C@@H](NC(=O)[C@H](Cc1c[nH]c2ccccc12)NC(=O)[C@@H]1CCCN1C(=O)[C@@H](N)Cc1ccc(O)cc1)c1cccc(Cl)c1. The van der Waals surface area contributed by atoms with Gasteiger partial charge < -0.3 is 37.1 Å². The summed E-state index contributed by atoms with van der Waals surface area (Å²) in [6, 6.07) is 16.7. The van der Waals surface area contributed by atoms with Crippen molar-refractivity contribution in [3.8, 4) is 5.75 Å². The number of nitrogens with zero attached hydrogens (tertiary/aromatic N) is 1. The minimum Gasteiger partial charge on any atom is -0.508 e. The number of carbonyl (C=O) groups excluding carboxylic acids is 4. The molecule has 0 bridgehead atoms. The molecule has 1 aliphatic heterocycles. The largest absolute Gasteiger partial charge is 0.508 e. The van der Waals surface area contributed by atoms with Crippen molar-refractivity contribution in [3.63, 3.8) is 0 Å². The predicted molar refractivity (Wildman–Crippen MR) is 179 cm³/mol. The molecule has 1 aromatic heterocycles. The number of aromatic hydroxyl groups is 1. The molecule has 47 heavy (non-hydrogen) atoms. The van der Waals surface area contributed by atoms with Crippen LogP contribution in [0.5, 0.6) is 5.75 Å². The third-order valence-electron chi connectivity index (χ3n) is 8.41. The molecule has 4 aromatic rings. The van der Waals surface area contributed by atoms with Gasteiger partial charge in [-0.25, -0.2) is 0 Å². The Morgan fingerprint density at radius 1 is 1.02 bits per heavy atom. The Morgan fingerprint density at radius 3 is 2.49 bits per heavy atom. The number of likely N-dealkylation sites (tertiary alicyclic amines) is 1. The first-order valence-electron chi connectivity index (χ1n) is 15.3. The third-order valence-corrected chi connectivity index (χ3v) is 8.65. The molecule has 4 amide bonds. The maximum atomic E-state index is 14.0. The van der Waals surface area contributed by atoms with Gasteiger partial charge in [-0.3, -0.25) is 19.2 Å². The van der Waals surface area contributed by atoms with Gasteiger partial charge in [-0.15, -0.1) is 0 Å². The number of aromatic nitrogens is 1. The molecular weight excluding hydrogens is 620 g/mol. The average molecular weight is 657 g/mol. The van der Waals surface area contributed by atoms with Crippen molar-refractivity contribution in [1.82, 2.24) is 20.5 Å². The Bertz CT molecular complexity index is 1810. The molecule has 4 atom stereocenters. The number of halogens is 1. The van der Waals surface area contributed by atoms with Crippen molar-refractivity contribution in [2.45, 2.75) is 49.9 Å². The fourth-order valence-electron chi connectivity index (χ4n) is 5.93. The van der Waals surface area contributed by atoms with Gasteiger partial charge in [-0.2, -0.15) is 0 Å². The number of phenols is 1. The van der Waals surface area contributed by atoms with E-state index in [2.05, 4.69) is 22.2 Å². The summed E-state index contributed by atoms with van der Waals surface area (Å²) in [5, 5.41) is 16.6. The highest BCUT2D eigenvalue weighted by molar-refractivity contribution is 6.30. The molecule has 8 N–H and O–H groups in total. The highest BCUT2D eigenvalue weighted by Crippen LogP contribution is 2.25. The van der Waals surface area contributed by atoms with Gasteiger partial charge in [0, 0.05) is 40.7 Å². The first kappa shape index (κ1) is 33.2. The number of aromatic amines is 1. The zero-order valence-corrected chi connectivity index (χ0v) is 26.4. The minimum absolute atomic E-state index is 0.0621. The second kappa shape index (κ2) is 14.5. The fraction of sp³-hybridized carbons (Fsp3) is 0.257. The number of para-hydroxylation sites is 1. The van der Waals surface area contributed by atoms with Crippen molar-refractivity contribution in [2.75, 3.05) is 6.54 Å². The summed E-state index contributed by atoms with van der Waals surface area (Å²) in [5.41, 5.74) is 14.7. The predicted octanol–water partition coefficient (Wildman–Crippen LogP) is 3.01. The van der Waals surface area contributed by atoms with Crippen LogP contribution in [-0.2, 0) is 32.0 Å². The molecule has 5 rings (SSSR count). The van der Waals surface area contributed by atoms with E-state index in [1.54, 1.807) is 42.6 Å². The normalized spacial score (nSPS) is 16.3. The van der Waals surface area contributed by atoms with Crippen LogP contribution in [0.3, 0.4) is 0 Å². The van der Waals surface area contributed by atoms with E-state index in [1.807, 2.05) is 24.3 Å². The number of hydrogen-bond acceptors (Lipinski definition) is 6. The Balaban J connectivity index is 1.38. The summed E-state index contributed by atoms with van der Waals surface area (Å²) in [5.74, 6) is -2.17. The first-order valence-corrected chi connectivity index (χ1v) is 15.6. The number of phenolic OH excluding ortho intramolecular Hbond substituents is 1. The second-order valence-electron chi connectivity index (χ2n) is 11.7. The molecule has 3 aromatic carbocycles. The molecule has 0 radical (unpaired) electrons. The van der Waals surface area contributed by atoms with E-state index in [0.717, 1.165) is 22.0 Å². The molecule has 1 fully saturated rings. The van der Waals surface area contributed by atoms with Crippen LogP contribution in [0.2, 0.25) is 5.02 Å². The highest BCUT2D eigenvalue weighted by Gasteiger charge is 2.38. The molecule has 11 nitrogen and oxygen atoms in total. The van der Waals surface area contributed by atoms with E-state index >= 15 is 0 Å². The van der Waals surface area contributed by atoms with Gasteiger partial charge in [-0.05, 0) is 66.3 Å². The van der Waals surface area contributed by atoms with Gasteiger partial charge in [-0.1, -0.05) is 60.6 Å². The molecule has 12 heteroatoms. The van der Waals surface area contributed by atoms with Crippen LogP contribution in [0, 0.1) is 0 Å². The standard InChI is InChI=1S/C35H37ClN6O5/c1-20(32(38)44)31(22-6-4-7-24(36)17-22)41-33(45)29(18-23-19-39-28-9-3-2-8-26(23)28)40-34(46)30-10-5-15-42(30)35(47)27(37)16-21-11-13-25(43)14-12-21/h2-4,6-9,11-14,17,19,27,29-31,39,43H,1,5,10,15-16,18,37H2,(H2,38,44)(H,40,46)(H,41,45)/t27-,29-,30-,31+/m0/s1. The average Bonchev–Trinajstić information content (AvgIpc) is 3.71. The Hall–Kier alpha value is -5.13. The molecule has 0 spiro atoms. The molecule has 0 aliphatic carbocycles. The minimum atomic E-state index is -1.10. The molecular formula is C35H37ClN6O5. The van der Waals surface area contributed by atoms with E-state index in [4.69, 9.17) is 23.1 Å². The molecule has 2 heterocycles. The maximum Gasteiger partial charge on any atom is 0.246 e. The second-order valence-corrected chi connectivity index (χ2v) is 12.1. The summed E-state index contributed by atoms with van der Waals surface area (Å²) < 4.78 is 0. The van der Waals surface area contributed by atoms with E-state index in [9.17, 15) is 24.3 Å². The summed E-state index contributed by atoms with van der Waals surface area (Å²) in [6.45, 7) is 4.14. The number of fused-ring (bicyclic) bond motifs is 1. The zero-order chi connectivity index (χ0) is 33.7. The Labute approximate surface area is 276 Å². The van der Waals surface area contributed by atoms with Crippen LogP contribution in [0.4, 0.5) is 0 Å². The lowest BCUT2D eigenvalue weighted by atomic mass is 9.97. The lowest BCUT2D eigenvalue weighted by Crippen LogP contribution is -2.56. The van der Waals surface area contributed by atoms with E-state index in [1.165, 1.54) is 17.0 Å². The fourth-order valence-corrected chi connectivity index (χ4v) is 6.13. The van der Waals surface area contributed by atoms with Crippen molar-refractivity contribution in [3.05, 3.63) is 113 Å². The van der Waals surface area contributed by atoms with Gasteiger partial charge in [0.1, 0.15) is 17.8 Å². The van der Waals surface area contributed by atoms with Gasteiger partial charge in [0.2, 0.25) is 23.6 Å². The number of benzene rings is 3. The highest BCUT2D eigenvalue weighted by atomic mass is 35.5. The monoisotopic (exact) mass is 656 g/mol. The van der Waals surface area contributed by atoms with Gasteiger partial charge in [0.15, 0.2) is 0 Å². The smallest absolute Gasteiger partial charge is 0.246 e. The molecule has 0 saturated carbocycles. The van der Waals surface area contributed by atoms with Crippen LogP contribution >= 0.6 is 11.6 Å². The summed E-state index contributed by atoms with van der Waals surface area (Å²) in [4.78, 5) is 58.2. The number of rotatable bonds is 12. The Morgan fingerprint density at radius 2 is 1.77 bits per heavy atom. The van der Waals surface area contributed by atoms with Crippen molar-refractivity contribution in [1.29, 1.82) is 0 Å². The summed E-state index contributed by atoms with van der Waals surface area (Å²) >= 11 is 6.21. The van der Waals surface area contributed by atoms with E-state index < -0.39 is 41.9 Å². The van der Waals surface area contributed by atoms with E-state index in [0.29, 0.717) is 30.0 Å². The molecule has 244 valence electrons. The Kier molecular flexibility index (Phi) is 10.3. The number of nitrogens with one attached hydrogen (secondary N) is 3. The van der Waals surface area contributed by atoms with Gasteiger partial charge in [0.05, 0.1) is 12.1 Å². The number of amides is 4. The first-order chi connectivity index (χ1) is 22.5. The van der Waals surface area contributed by atoms with Crippen LogP contribution in [0.25, 0.3) is 10.9 Å². The molecule has 0 unspecified atom stereocenters. The quantitative estimate of drug-likeness (QED) is 0.127. The maximum absolute atomic E-state index is 14.0. The van der Waals surface area contributed by atoms with Crippen LogP contribution in [0.1, 0.15) is 35.6 Å². The van der Waals surface area contributed by atoms with Crippen LogP contribution in [-0.4, -0.2) is 63.3 Å². The summed E-state index contributed by atoms with van der Waals surface area (Å²) in [6.07, 6.45) is 3.10. The number of H-pyrrole nitrogens is 1. The van der Waals surface area contributed by atoms with Crippen molar-refractivity contribution < 1.29 is 24.3 Å². The number of nitrogens with two attached hydrogens (primary N) is 2. The van der Waals surface area contributed by atoms with Crippen LogP contribution < -0.4 is 22.1 Å². The van der Waals surface area contributed by atoms with Gasteiger partial charge >= 0.3 is 0 Å². The lowest BCUT2D eigenvalue weighted by molar-refractivity contribution is -0.140. The number of hydrogen-bond donors (Lipinski definition) is 6. The lowest BCUT2D eigenvalue weighted by Gasteiger charge is -2.29. The van der Waals surface area contributed by atoms with Crippen molar-refractivity contribution >= 4 is 46.1 Å². The molecule has 1 aliphatic rings. The van der Waals surface area contributed by atoms with E-state index in [-0.39, 0.29) is 30.1 Å². The zero-order valence-electron chi connectivity index (χ0n) is 25.6. The number of primary amides is 1.